The lowest BCUT2D eigenvalue weighted by Crippen LogP contribution is -2.49. The van der Waals surface area contributed by atoms with Gasteiger partial charge in [0.25, 0.3) is 5.91 Å². The van der Waals surface area contributed by atoms with Crippen LogP contribution in [-0.4, -0.2) is 68.5 Å². The molecule has 0 saturated carbocycles. The monoisotopic (exact) mass is 631 g/mol. The Hall–Kier alpha value is -3.60. The van der Waals surface area contributed by atoms with Crippen molar-refractivity contribution in [3.8, 4) is 5.75 Å². The van der Waals surface area contributed by atoms with E-state index >= 15 is 0 Å². The molecule has 1 aliphatic rings. The fourth-order valence-corrected chi connectivity index (χ4v) is 6.12. The van der Waals surface area contributed by atoms with Gasteiger partial charge in [0.1, 0.15) is 5.75 Å². The van der Waals surface area contributed by atoms with E-state index < -0.39 is 12.0 Å². The highest BCUT2D eigenvalue weighted by Crippen LogP contribution is 2.37. The molecule has 0 bridgehead atoms. The number of carbonyl (C=O) groups excluding carboxylic acids is 4. The third-order valence-electron chi connectivity index (χ3n) is 7.06. The van der Waals surface area contributed by atoms with Crippen LogP contribution in [0.25, 0.3) is 16.2 Å². The van der Waals surface area contributed by atoms with Gasteiger partial charge >= 0.3 is 5.97 Å². The van der Waals surface area contributed by atoms with Crippen LogP contribution < -0.4 is 15.4 Å². The Kier molecular flexibility index (Phi) is 10.8. The second-order valence-electron chi connectivity index (χ2n) is 9.79. The summed E-state index contributed by atoms with van der Waals surface area (Å²) >= 11 is 14.3. The number of methoxy groups -OCH3 is 2. The topological polar surface area (TPSA) is 114 Å². The van der Waals surface area contributed by atoms with Gasteiger partial charge in [0.05, 0.1) is 41.4 Å². The minimum absolute atomic E-state index is 0.0305. The van der Waals surface area contributed by atoms with Crippen molar-refractivity contribution in [2.24, 2.45) is 5.92 Å². The van der Waals surface area contributed by atoms with Crippen LogP contribution in [0.4, 0.5) is 0 Å². The Morgan fingerprint density at radius 1 is 1.10 bits per heavy atom. The summed E-state index contributed by atoms with van der Waals surface area (Å²) < 4.78 is 10.8. The number of fused-ring (bicyclic) bond motifs is 1. The van der Waals surface area contributed by atoms with Crippen molar-refractivity contribution in [2.45, 2.75) is 25.3 Å². The molecule has 1 unspecified atom stereocenters. The highest BCUT2D eigenvalue weighted by molar-refractivity contribution is 7.18. The summed E-state index contributed by atoms with van der Waals surface area (Å²) in [5.74, 6) is -1.11. The molecule has 2 aromatic carbocycles. The normalized spacial score (nSPS) is 14.5. The van der Waals surface area contributed by atoms with Crippen molar-refractivity contribution in [3.63, 3.8) is 0 Å². The highest BCUT2D eigenvalue weighted by atomic mass is 35.5. The minimum atomic E-state index is -0.667. The third kappa shape index (κ3) is 7.81. The van der Waals surface area contributed by atoms with E-state index in [4.69, 9.17) is 32.7 Å². The van der Waals surface area contributed by atoms with Gasteiger partial charge in [0.15, 0.2) is 0 Å². The van der Waals surface area contributed by atoms with Crippen molar-refractivity contribution >= 4 is 74.4 Å². The summed E-state index contributed by atoms with van der Waals surface area (Å²) in [5, 5.41) is 9.38. The first-order valence-electron chi connectivity index (χ1n) is 13.3. The smallest absolute Gasteiger partial charge is 0.307 e. The number of likely N-dealkylation sites (tertiary alicyclic amines) is 1. The average molecular weight is 633 g/mol. The first-order chi connectivity index (χ1) is 20.2. The molecule has 1 fully saturated rings. The van der Waals surface area contributed by atoms with Crippen LogP contribution in [0.15, 0.2) is 47.9 Å². The lowest BCUT2D eigenvalue weighted by molar-refractivity contribution is -0.141. The zero-order valence-electron chi connectivity index (χ0n) is 23.2. The van der Waals surface area contributed by atoms with Gasteiger partial charge < -0.3 is 25.0 Å². The molecule has 222 valence electrons. The molecule has 3 amide bonds. The van der Waals surface area contributed by atoms with E-state index in [-0.39, 0.29) is 36.6 Å². The summed E-state index contributed by atoms with van der Waals surface area (Å²) in [5.41, 5.74) is 1.05. The van der Waals surface area contributed by atoms with E-state index in [0.717, 1.165) is 10.1 Å². The molecule has 42 heavy (non-hydrogen) atoms. The van der Waals surface area contributed by atoms with Crippen LogP contribution in [0.3, 0.4) is 0 Å². The molecule has 1 aliphatic heterocycles. The Bertz CT molecular complexity index is 1500. The molecule has 12 heteroatoms. The minimum Gasteiger partial charge on any atom is -0.497 e. The molecule has 9 nitrogen and oxygen atoms in total. The average Bonchev–Trinajstić information content (AvgIpc) is 3.49. The molecule has 3 aromatic rings. The first kappa shape index (κ1) is 31.3. The number of rotatable bonds is 10. The predicted molar refractivity (Wildman–Crippen MR) is 164 cm³/mol. The number of ether oxygens (including phenoxy) is 2. The lowest BCUT2D eigenvalue weighted by Gasteiger charge is -2.31. The molecule has 2 heterocycles. The van der Waals surface area contributed by atoms with Crippen LogP contribution in [0, 0.1) is 5.92 Å². The van der Waals surface area contributed by atoms with Gasteiger partial charge in [-0.3, -0.25) is 19.2 Å². The van der Waals surface area contributed by atoms with Crippen molar-refractivity contribution in [1.29, 1.82) is 0 Å². The lowest BCUT2D eigenvalue weighted by atomic mass is 9.95. The van der Waals surface area contributed by atoms with E-state index in [2.05, 4.69) is 10.6 Å². The van der Waals surface area contributed by atoms with Gasteiger partial charge in [-0.15, -0.1) is 11.3 Å². The number of hydrogen-bond donors (Lipinski definition) is 2. The number of nitrogens with zero attached hydrogens (tertiary/aromatic N) is 1. The third-order valence-corrected chi connectivity index (χ3v) is 9.00. The van der Waals surface area contributed by atoms with Gasteiger partial charge in [-0.05, 0) is 65.6 Å². The summed E-state index contributed by atoms with van der Waals surface area (Å²) in [6.45, 7) is 0.823. The number of piperidine rings is 1. The second kappa shape index (κ2) is 14.5. The van der Waals surface area contributed by atoms with E-state index in [1.807, 2.05) is 17.5 Å². The molecule has 0 radical (unpaired) electrons. The number of benzene rings is 2. The maximum absolute atomic E-state index is 13.1. The van der Waals surface area contributed by atoms with Crippen molar-refractivity contribution in [2.75, 3.05) is 33.9 Å². The van der Waals surface area contributed by atoms with E-state index in [9.17, 15) is 19.2 Å². The quantitative estimate of drug-likeness (QED) is 0.242. The molecule has 1 atom stereocenters. The zero-order chi connectivity index (χ0) is 30.2. The first-order valence-corrected chi connectivity index (χ1v) is 14.9. The van der Waals surface area contributed by atoms with Crippen molar-refractivity contribution in [1.82, 2.24) is 15.5 Å². The fourth-order valence-electron chi connectivity index (χ4n) is 4.68. The summed E-state index contributed by atoms with van der Waals surface area (Å²) in [4.78, 5) is 52.2. The zero-order valence-corrected chi connectivity index (χ0v) is 25.5. The highest BCUT2D eigenvalue weighted by Gasteiger charge is 2.29. The van der Waals surface area contributed by atoms with E-state index in [1.54, 1.807) is 35.2 Å². The van der Waals surface area contributed by atoms with E-state index in [1.165, 1.54) is 31.6 Å². The SMILES string of the molecule is COC(=O)CC(CNC(=O)c1cccc(OC)c1)NC(=O)C1CCN(C(=O)C=Cc2cc3ccsc3c(Cl)c2Cl)CC1. The standard InChI is InChI=1S/C30H31Cl2N3O6S/c1-40-23-5-3-4-21(15-23)29(38)33-17-22(16-25(37)41-2)34-30(39)18-8-11-35(12-9-18)24(36)7-6-19-14-20-10-13-42-28(20)27(32)26(19)31/h3-7,10,13-15,18,22H,8-9,11-12,16-17H2,1-2H3,(H,33,38)(H,34,39). The van der Waals surface area contributed by atoms with E-state index in [0.29, 0.717) is 52.9 Å². The van der Waals surface area contributed by atoms with Gasteiger partial charge in [-0.2, -0.15) is 0 Å². The maximum Gasteiger partial charge on any atom is 0.307 e. The van der Waals surface area contributed by atoms with Crippen LogP contribution in [0.1, 0.15) is 35.2 Å². The van der Waals surface area contributed by atoms with Crippen LogP contribution in [0.5, 0.6) is 5.75 Å². The van der Waals surface area contributed by atoms with Crippen molar-refractivity contribution in [3.05, 3.63) is 69.0 Å². The number of halogens is 2. The number of esters is 1. The molecular formula is C30H31Cl2N3O6S. The molecule has 1 aromatic heterocycles. The molecule has 1 saturated heterocycles. The van der Waals surface area contributed by atoms with Gasteiger partial charge in [0, 0.05) is 37.2 Å². The van der Waals surface area contributed by atoms with Crippen LogP contribution in [0.2, 0.25) is 10.0 Å². The Balaban J connectivity index is 1.31. The number of amides is 3. The molecular weight excluding hydrogens is 601 g/mol. The van der Waals surface area contributed by atoms with Gasteiger partial charge in [-0.25, -0.2) is 0 Å². The van der Waals surface area contributed by atoms with Crippen LogP contribution >= 0.6 is 34.5 Å². The number of hydrogen-bond acceptors (Lipinski definition) is 7. The number of thiophene rings is 1. The Morgan fingerprint density at radius 2 is 1.86 bits per heavy atom. The number of carbonyl (C=O) groups is 4. The molecule has 4 rings (SSSR count). The fraction of sp³-hybridized carbons (Fsp3) is 0.333. The van der Waals surface area contributed by atoms with Gasteiger partial charge in [-0.1, -0.05) is 29.3 Å². The molecule has 0 spiro atoms. The molecule has 2 N–H and O–H groups in total. The molecule has 0 aliphatic carbocycles. The summed E-state index contributed by atoms with van der Waals surface area (Å²) in [7, 11) is 2.77. The second-order valence-corrected chi connectivity index (χ2v) is 11.5. The van der Waals surface area contributed by atoms with Crippen LogP contribution in [-0.2, 0) is 19.1 Å². The Labute approximate surface area is 257 Å². The summed E-state index contributed by atoms with van der Waals surface area (Å²) in [6, 6.07) is 9.83. The summed E-state index contributed by atoms with van der Waals surface area (Å²) in [6.07, 6.45) is 3.93. The maximum atomic E-state index is 13.1. The largest absolute Gasteiger partial charge is 0.497 e. The number of nitrogens with one attached hydrogen (secondary N) is 2. The predicted octanol–water partition coefficient (Wildman–Crippen LogP) is 4.95. The Morgan fingerprint density at radius 3 is 2.57 bits per heavy atom. The van der Waals surface area contributed by atoms with Gasteiger partial charge in [0.2, 0.25) is 11.8 Å². The van der Waals surface area contributed by atoms with Crippen molar-refractivity contribution < 1.29 is 28.7 Å².